The molecule has 0 fully saturated rings. The molecular formula is C10H19NO3. The van der Waals surface area contributed by atoms with Crippen molar-refractivity contribution < 1.29 is 14.3 Å². The fourth-order valence-electron chi connectivity index (χ4n) is 0.788. The number of rotatable bonds is 9. The van der Waals surface area contributed by atoms with Crippen LogP contribution in [0.15, 0.2) is 12.7 Å². The Morgan fingerprint density at radius 2 is 2.21 bits per heavy atom. The van der Waals surface area contributed by atoms with E-state index in [1.54, 1.807) is 6.08 Å². The summed E-state index contributed by atoms with van der Waals surface area (Å²) < 4.78 is 10.0. The summed E-state index contributed by atoms with van der Waals surface area (Å²) in [5.74, 6) is -0.257. The van der Waals surface area contributed by atoms with E-state index in [-0.39, 0.29) is 12.5 Å². The summed E-state index contributed by atoms with van der Waals surface area (Å²) in [5, 5.41) is 2.85. The van der Waals surface area contributed by atoms with Gasteiger partial charge in [-0.15, -0.1) is 6.58 Å². The lowest BCUT2D eigenvalue weighted by Gasteiger charge is -2.05. The summed E-state index contributed by atoms with van der Waals surface area (Å²) in [6.45, 7) is 7.90. The summed E-state index contributed by atoms with van der Waals surface area (Å²) in [4.78, 5) is 11.0. The van der Waals surface area contributed by atoms with Crippen LogP contribution in [0.5, 0.6) is 0 Å². The van der Waals surface area contributed by atoms with Gasteiger partial charge in [-0.05, 0) is 6.42 Å². The van der Waals surface area contributed by atoms with Crippen molar-refractivity contribution in [2.45, 2.75) is 13.3 Å². The highest BCUT2D eigenvalue weighted by atomic mass is 16.6. The van der Waals surface area contributed by atoms with Crippen LogP contribution in [0.1, 0.15) is 13.3 Å². The van der Waals surface area contributed by atoms with Crippen LogP contribution in [-0.2, 0) is 14.3 Å². The lowest BCUT2D eigenvalue weighted by Crippen LogP contribution is -2.25. The van der Waals surface area contributed by atoms with Crippen LogP contribution < -0.4 is 5.32 Å². The van der Waals surface area contributed by atoms with Crippen LogP contribution in [-0.4, -0.2) is 38.9 Å². The average Bonchev–Trinajstić information content (AvgIpc) is 2.18. The molecule has 0 aliphatic carbocycles. The first-order chi connectivity index (χ1) is 6.81. The number of esters is 1. The van der Waals surface area contributed by atoms with E-state index in [4.69, 9.17) is 9.47 Å². The van der Waals surface area contributed by atoms with Gasteiger partial charge in [-0.25, -0.2) is 0 Å². The van der Waals surface area contributed by atoms with Gasteiger partial charge in [0.25, 0.3) is 0 Å². The lowest BCUT2D eigenvalue weighted by atomic mass is 10.5. The Bertz CT molecular complexity index is 159. The Kier molecular flexibility index (Phi) is 9.58. The molecule has 0 spiro atoms. The highest BCUT2D eigenvalue weighted by Crippen LogP contribution is 1.82. The first-order valence-corrected chi connectivity index (χ1v) is 4.86. The normalized spacial score (nSPS) is 9.79. The average molecular weight is 201 g/mol. The molecule has 14 heavy (non-hydrogen) atoms. The van der Waals surface area contributed by atoms with Gasteiger partial charge in [0.1, 0.15) is 6.61 Å². The summed E-state index contributed by atoms with van der Waals surface area (Å²) >= 11 is 0. The molecule has 0 aromatic heterocycles. The minimum Gasteiger partial charge on any atom is -0.462 e. The zero-order chi connectivity index (χ0) is 10.6. The summed E-state index contributed by atoms with van der Waals surface area (Å²) in [5.41, 5.74) is 0. The number of carbonyl (C=O) groups excluding carboxylic acids is 1. The maximum Gasteiger partial charge on any atom is 0.320 e. The second-order valence-electron chi connectivity index (χ2n) is 2.75. The van der Waals surface area contributed by atoms with E-state index in [1.165, 1.54) is 0 Å². The van der Waals surface area contributed by atoms with Gasteiger partial charge in [0.15, 0.2) is 0 Å². The zero-order valence-electron chi connectivity index (χ0n) is 8.75. The largest absolute Gasteiger partial charge is 0.462 e. The molecule has 0 atom stereocenters. The number of nitrogens with one attached hydrogen (secondary N) is 1. The van der Waals surface area contributed by atoms with E-state index < -0.39 is 0 Å². The van der Waals surface area contributed by atoms with Crippen LogP contribution >= 0.6 is 0 Å². The number of ether oxygens (including phenoxy) is 2. The molecule has 0 unspecified atom stereocenters. The smallest absolute Gasteiger partial charge is 0.320 e. The molecule has 0 aromatic carbocycles. The highest BCUT2D eigenvalue weighted by molar-refractivity contribution is 5.71. The maximum absolute atomic E-state index is 11.0. The first kappa shape index (κ1) is 13.1. The fraction of sp³-hybridized carbons (Fsp3) is 0.700. The predicted octanol–water partition coefficient (Wildman–Crippen LogP) is 0.732. The first-order valence-electron chi connectivity index (χ1n) is 4.86. The summed E-state index contributed by atoms with van der Waals surface area (Å²) in [6, 6.07) is 0. The van der Waals surface area contributed by atoms with Crippen molar-refractivity contribution in [3.05, 3.63) is 12.7 Å². The quantitative estimate of drug-likeness (QED) is 0.339. The minimum atomic E-state index is -0.257. The molecule has 82 valence electrons. The molecule has 0 amide bonds. The molecule has 0 heterocycles. The van der Waals surface area contributed by atoms with Crippen molar-refractivity contribution in [1.29, 1.82) is 0 Å². The van der Waals surface area contributed by atoms with E-state index in [1.807, 2.05) is 6.92 Å². The number of hydrogen-bond acceptors (Lipinski definition) is 4. The Morgan fingerprint density at radius 1 is 1.43 bits per heavy atom. The van der Waals surface area contributed by atoms with Crippen molar-refractivity contribution in [3.63, 3.8) is 0 Å². The molecule has 0 rings (SSSR count). The van der Waals surface area contributed by atoms with Gasteiger partial charge in [-0.1, -0.05) is 13.0 Å². The van der Waals surface area contributed by atoms with E-state index in [0.717, 1.165) is 6.42 Å². The topological polar surface area (TPSA) is 47.6 Å². The van der Waals surface area contributed by atoms with E-state index in [0.29, 0.717) is 26.4 Å². The van der Waals surface area contributed by atoms with Gasteiger partial charge in [0, 0.05) is 13.2 Å². The Balaban J connectivity index is 3.14. The molecule has 1 N–H and O–H groups in total. The molecule has 4 heteroatoms. The van der Waals surface area contributed by atoms with E-state index in [9.17, 15) is 4.79 Å². The van der Waals surface area contributed by atoms with Crippen LogP contribution in [0.25, 0.3) is 0 Å². The zero-order valence-corrected chi connectivity index (χ0v) is 8.75. The van der Waals surface area contributed by atoms with E-state index in [2.05, 4.69) is 11.9 Å². The second kappa shape index (κ2) is 10.2. The number of hydrogen-bond donors (Lipinski definition) is 1. The molecule has 0 radical (unpaired) electrons. The van der Waals surface area contributed by atoms with Crippen molar-refractivity contribution >= 4 is 5.97 Å². The van der Waals surface area contributed by atoms with Gasteiger partial charge in [0.2, 0.25) is 0 Å². The molecule has 0 saturated carbocycles. The molecule has 0 aliphatic heterocycles. The van der Waals surface area contributed by atoms with Crippen LogP contribution in [0, 0.1) is 0 Å². The van der Waals surface area contributed by atoms with Crippen molar-refractivity contribution in [1.82, 2.24) is 5.32 Å². The highest BCUT2D eigenvalue weighted by Gasteiger charge is 1.99. The third-order valence-corrected chi connectivity index (χ3v) is 1.40. The van der Waals surface area contributed by atoms with Crippen molar-refractivity contribution in [2.75, 3.05) is 32.9 Å². The van der Waals surface area contributed by atoms with Crippen molar-refractivity contribution in [2.24, 2.45) is 0 Å². The van der Waals surface area contributed by atoms with E-state index >= 15 is 0 Å². The van der Waals surface area contributed by atoms with Gasteiger partial charge < -0.3 is 14.8 Å². The maximum atomic E-state index is 11.0. The Hall–Kier alpha value is -0.870. The summed E-state index contributed by atoms with van der Waals surface area (Å²) in [7, 11) is 0. The molecule has 0 saturated heterocycles. The third kappa shape index (κ3) is 9.22. The van der Waals surface area contributed by atoms with Gasteiger partial charge in [-0.2, -0.15) is 0 Å². The molecule has 0 aliphatic rings. The predicted molar refractivity (Wildman–Crippen MR) is 55.1 cm³/mol. The van der Waals surface area contributed by atoms with Crippen LogP contribution in [0.3, 0.4) is 0 Å². The van der Waals surface area contributed by atoms with Crippen molar-refractivity contribution in [3.8, 4) is 0 Å². The van der Waals surface area contributed by atoms with Gasteiger partial charge in [-0.3, -0.25) is 4.79 Å². The Morgan fingerprint density at radius 3 is 2.86 bits per heavy atom. The van der Waals surface area contributed by atoms with Gasteiger partial charge in [0.05, 0.1) is 13.2 Å². The lowest BCUT2D eigenvalue weighted by molar-refractivity contribution is -0.144. The second-order valence-corrected chi connectivity index (χ2v) is 2.75. The third-order valence-electron chi connectivity index (χ3n) is 1.40. The van der Waals surface area contributed by atoms with Crippen LogP contribution in [0.4, 0.5) is 0 Å². The molecule has 0 bridgehead atoms. The van der Waals surface area contributed by atoms with Crippen LogP contribution in [0.2, 0.25) is 0 Å². The molecular weight excluding hydrogens is 182 g/mol. The number of carbonyl (C=O) groups is 1. The fourth-order valence-corrected chi connectivity index (χ4v) is 0.788. The monoisotopic (exact) mass is 201 g/mol. The standard InChI is InChI=1S/C10H19NO3/c1-3-5-11-9-10(12)14-8-7-13-6-4-2/h3,11H,1,4-9H2,2H3. The SMILES string of the molecule is C=CCNCC(=O)OCCOCCC. The minimum absolute atomic E-state index is 0.222. The summed E-state index contributed by atoms with van der Waals surface area (Å²) in [6.07, 6.45) is 2.67. The molecule has 4 nitrogen and oxygen atoms in total. The Labute approximate surface area is 85.3 Å². The van der Waals surface area contributed by atoms with Gasteiger partial charge >= 0.3 is 5.97 Å². The molecule has 0 aromatic rings.